The van der Waals surface area contributed by atoms with Gasteiger partial charge in [-0.05, 0) is 101 Å². The van der Waals surface area contributed by atoms with Gasteiger partial charge in [0, 0.05) is 90.9 Å². The number of likely N-dealkylation sites (N-methyl/N-ethyl adjacent to an activating group) is 1. The Morgan fingerprint density at radius 2 is 1.20 bits per heavy atom. The van der Waals surface area contributed by atoms with E-state index in [1.54, 1.807) is 30.7 Å². The van der Waals surface area contributed by atoms with Gasteiger partial charge in [0.1, 0.15) is 30.3 Å². The van der Waals surface area contributed by atoms with Crippen LogP contribution in [0.2, 0.25) is 0 Å². The molecule has 2 aromatic heterocycles. The molecule has 0 saturated carbocycles. The second-order valence-electron chi connectivity index (χ2n) is 18.7. The minimum atomic E-state index is -0.918. The van der Waals surface area contributed by atoms with E-state index in [1.165, 1.54) is 5.56 Å². The molecule has 71 heavy (non-hydrogen) atoms. The Morgan fingerprint density at radius 3 is 1.82 bits per heavy atom. The lowest BCUT2D eigenvalue weighted by Crippen LogP contribution is -2.43. The number of aliphatic carboxylic acids is 2. The molecule has 0 bridgehead atoms. The van der Waals surface area contributed by atoms with Crippen LogP contribution < -0.4 is 25.8 Å². The van der Waals surface area contributed by atoms with Crippen molar-refractivity contribution in [3.8, 4) is 33.8 Å². The summed E-state index contributed by atoms with van der Waals surface area (Å²) in [4.78, 5) is 27.9. The van der Waals surface area contributed by atoms with E-state index in [-0.39, 0.29) is 32.0 Å². The van der Waals surface area contributed by atoms with Gasteiger partial charge in [-0.1, -0.05) is 79.7 Å². The molecule has 0 radical (unpaired) electrons. The van der Waals surface area contributed by atoms with Gasteiger partial charge in [0.15, 0.2) is 5.58 Å². The van der Waals surface area contributed by atoms with E-state index in [1.807, 2.05) is 42.5 Å². The molecule has 1 aliphatic heterocycles. The number of hydrogen-bond donors (Lipinski definition) is 5. The standard InChI is InChI=1S/C58H61N5O8/c1-38(31-61-52-26-46(41-13-7-9-39(21-41)29-59)25-51-49(37-71-58(51)52)35-69-54-16-6-4-12-44(54)28-56(66)67)30-60-32-40-10-8-14-42(22-40)45-23-47(33-63-19-17-62(2)18-20-63)57-50(24-45)48(36-70-57)34-68-53-15-5-3-11-43(53)27-55(64)65/h3-16,21-26,36-38,60-61H,17-20,27-35,59H2,1-2H3,(H,64,65)(H,66,67). The Kier molecular flexibility index (Phi) is 15.4. The van der Waals surface area contributed by atoms with Crippen molar-refractivity contribution >= 4 is 39.6 Å². The number of para-hydroxylation sites is 2. The van der Waals surface area contributed by atoms with Gasteiger partial charge in [-0.2, -0.15) is 0 Å². The lowest BCUT2D eigenvalue weighted by molar-refractivity contribution is -0.137. The lowest BCUT2D eigenvalue weighted by atomic mass is 9.97. The number of rotatable bonds is 22. The van der Waals surface area contributed by atoms with Crippen molar-refractivity contribution in [3.05, 3.63) is 173 Å². The first kappa shape index (κ1) is 48.6. The number of nitrogens with zero attached hydrogens (tertiary/aromatic N) is 2. The maximum absolute atomic E-state index is 11.6. The van der Waals surface area contributed by atoms with Crippen LogP contribution in [0.1, 0.15) is 45.9 Å². The number of hydrogen-bond acceptors (Lipinski definition) is 11. The molecule has 1 unspecified atom stereocenters. The van der Waals surface area contributed by atoms with Gasteiger partial charge in [0.05, 0.1) is 31.1 Å². The summed E-state index contributed by atoms with van der Waals surface area (Å²) < 4.78 is 25.0. The second-order valence-corrected chi connectivity index (χ2v) is 18.7. The monoisotopic (exact) mass is 955 g/mol. The van der Waals surface area contributed by atoms with Gasteiger partial charge >= 0.3 is 11.9 Å². The molecule has 13 nitrogen and oxygen atoms in total. The highest BCUT2D eigenvalue weighted by atomic mass is 16.5. The average molecular weight is 956 g/mol. The van der Waals surface area contributed by atoms with E-state index in [0.717, 1.165) is 111 Å². The number of carbonyl (C=O) groups is 2. The smallest absolute Gasteiger partial charge is 0.307 e. The number of furan rings is 2. The zero-order valence-corrected chi connectivity index (χ0v) is 40.3. The summed E-state index contributed by atoms with van der Waals surface area (Å²) in [5, 5.41) is 28.2. The molecule has 1 fully saturated rings. The summed E-state index contributed by atoms with van der Waals surface area (Å²) in [5.41, 5.74) is 19.0. The summed E-state index contributed by atoms with van der Waals surface area (Å²) >= 11 is 0. The Balaban J connectivity index is 0.895. The zero-order valence-electron chi connectivity index (χ0n) is 40.3. The summed E-state index contributed by atoms with van der Waals surface area (Å²) in [6, 6.07) is 40.1. The highest BCUT2D eigenvalue weighted by molar-refractivity contribution is 5.96. The molecule has 13 heteroatoms. The molecule has 366 valence electrons. The van der Waals surface area contributed by atoms with E-state index in [0.29, 0.717) is 42.3 Å². The van der Waals surface area contributed by atoms with Crippen molar-refractivity contribution in [3.63, 3.8) is 0 Å². The van der Waals surface area contributed by atoms with Crippen LogP contribution in [0.25, 0.3) is 44.2 Å². The molecular formula is C58H61N5O8. The molecule has 1 saturated heterocycles. The molecule has 1 atom stereocenters. The first-order valence-corrected chi connectivity index (χ1v) is 24.2. The minimum Gasteiger partial charge on any atom is -0.488 e. The third-order valence-corrected chi connectivity index (χ3v) is 13.2. The van der Waals surface area contributed by atoms with Gasteiger partial charge < -0.3 is 49.8 Å². The van der Waals surface area contributed by atoms with Crippen molar-refractivity contribution < 1.29 is 38.1 Å². The molecule has 3 heterocycles. The van der Waals surface area contributed by atoms with E-state index in [9.17, 15) is 19.8 Å². The highest BCUT2D eigenvalue weighted by Crippen LogP contribution is 2.37. The highest BCUT2D eigenvalue weighted by Gasteiger charge is 2.21. The third-order valence-electron chi connectivity index (χ3n) is 13.2. The van der Waals surface area contributed by atoms with E-state index < -0.39 is 11.9 Å². The number of nitrogens with two attached hydrogens (primary N) is 1. The number of nitrogens with one attached hydrogen (secondary N) is 2. The summed E-state index contributed by atoms with van der Waals surface area (Å²) in [5.74, 6) is -0.499. The van der Waals surface area contributed by atoms with Gasteiger partial charge in [-0.15, -0.1) is 0 Å². The fraction of sp³-hybridized carbons (Fsp3) is 0.276. The van der Waals surface area contributed by atoms with Crippen molar-refractivity contribution in [1.82, 2.24) is 15.1 Å². The van der Waals surface area contributed by atoms with Gasteiger partial charge in [-0.25, -0.2) is 0 Å². The normalized spacial score (nSPS) is 13.7. The Bertz CT molecular complexity index is 3130. The Hall–Kier alpha value is -7.42. The first-order valence-electron chi connectivity index (χ1n) is 24.2. The number of piperazine rings is 1. The number of carboxylic acids is 2. The Labute approximate surface area is 413 Å². The van der Waals surface area contributed by atoms with Crippen LogP contribution in [0.15, 0.2) is 143 Å². The molecule has 6 aromatic carbocycles. The van der Waals surface area contributed by atoms with Crippen LogP contribution in [0, 0.1) is 5.92 Å². The summed E-state index contributed by atoms with van der Waals surface area (Å²) in [7, 11) is 2.16. The number of anilines is 1. The molecule has 6 N–H and O–H groups in total. The topological polar surface area (TPSA) is 176 Å². The van der Waals surface area contributed by atoms with E-state index in [4.69, 9.17) is 24.0 Å². The fourth-order valence-corrected chi connectivity index (χ4v) is 9.28. The van der Waals surface area contributed by atoms with Crippen LogP contribution >= 0.6 is 0 Å². The van der Waals surface area contributed by atoms with Crippen LogP contribution in [0.4, 0.5) is 5.69 Å². The maximum atomic E-state index is 11.6. The number of ether oxygens (including phenoxy) is 2. The maximum Gasteiger partial charge on any atom is 0.307 e. The molecule has 1 aliphatic rings. The largest absolute Gasteiger partial charge is 0.488 e. The van der Waals surface area contributed by atoms with Crippen molar-refractivity contribution in [2.45, 2.75) is 52.6 Å². The fourth-order valence-electron chi connectivity index (χ4n) is 9.28. The predicted octanol–water partition coefficient (Wildman–Crippen LogP) is 9.97. The number of carboxylic acid groups (broad SMARTS) is 2. The van der Waals surface area contributed by atoms with Gasteiger partial charge in [0.25, 0.3) is 0 Å². The lowest BCUT2D eigenvalue weighted by Gasteiger charge is -2.32. The molecule has 0 spiro atoms. The predicted molar refractivity (Wildman–Crippen MR) is 278 cm³/mol. The van der Waals surface area contributed by atoms with E-state index in [2.05, 4.69) is 95.1 Å². The number of fused-ring (bicyclic) bond motifs is 2. The van der Waals surface area contributed by atoms with Crippen molar-refractivity contribution in [2.24, 2.45) is 11.7 Å². The number of benzene rings is 6. The summed E-state index contributed by atoms with van der Waals surface area (Å²) in [6.45, 7) is 9.96. The molecule has 0 amide bonds. The zero-order chi connectivity index (χ0) is 49.3. The molecule has 9 rings (SSSR count). The van der Waals surface area contributed by atoms with Gasteiger partial charge in [0.2, 0.25) is 0 Å². The SMILES string of the molecule is CC(CNCc1cccc(-c2cc(CN3CCN(C)CC3)c3occ(COc4ccccc4CC(=O)O)c3c2)c1)CNc1cc(-c2cccc(CN)c2)cc2c(COc3ccccc3CC(=O)O)coc12. The first-order chi connectivity index (χ1) is 34.6. The van der Waals surface area contributed by atoms with Crippen molar-refractivity contribution in [1.29, 1.82) is 0 Å². The molecule has 8 aromatic rings. The average Bonchev–Trinajstić information content (AvgIpc) is 3.99. The van der Waals surface area contributed by atoms with Crippen LogP contribution in [-0.4, -0.2) is 78.3 Å². The van der Waals surface area contributed by atoms with E-state index >= 15 is 0 Å². The van der Waals surface area contributed by atoms with Crippen molar-refractivity contribution in [2.75, 3.05) is 51.6 Å². The second kappa shape index (κ2) is 22.6. The van der Waals surface area contributed by atoms with Crippen LogP contribution in [0.5, 0.6) is 11.5 Å². The molecular weight excluding hydrogens is 895 g/mol. The minimum absolute atomic E-state index is 0.117. The molecule has 0 aliphatic carbocycles. The Morgan fingerprint density at radius 1 is 0.634 bits per heavy atom. The third kappa shape index (κ3) is 12.1. The van der Waals surface area contributed by atoms with Crippen LogP contribution in [0.3, 0.4) is 0 Å². The van der Waals surface area contributed by atoms with Gasteiger partial charge in [-0.3, -0.25) is 14.5 Å². The van der Waals surface area contributed by atoms with Crippen LogP contribution in [-0.2, 0) is 55.3 Å². The quantitative estimate of drug-likeness (QED) is 0.0434. The summed E-state index contributed by atoms with van der Waals surface area (Å²) in [6.07, 6.45) is 3.24.